The Morgan fingerprint density at radius 1 is 1.36 bits per heavy atom. The molecular weight excluding hydrogens is 312 g/mol. The molecule has 1 aliphatic rings. The Balaban J connectivity index is 2.12. The second kappa shape index (κ2) is 5.70. The number of anilines is 1. The fourth-order valence-corrected chi connectivity index (χ4v) is 1.92. The second-order valence-corrected chi connectivity index (χ2v) is 4.44. The number of halogens is 4. The van der Waals surface area contributed by atoms with E-state index in [0.29, 0.717) is 0 Å². The zero-order valence-electron chi connectivity index (χ0n) is 10.9. The van der Waals surface area contributed by atoms with Gasteiger partial charge in [-0.25, -0.2) is 9.18 Å². The number of nitrogens with zero attached hydrogens (tertiary/aromatic N) is 1. The van der Waals surface area contributed by atoms with Crippen molar-refractivity contribution in [1.82, 2.24) is 4.90 Å². The number of rotatable bonds is 3. The highest BCUT2D eigenvalue weighted by molar-refractivity contribution is 5.97. The first-order valence-corrected chi connectivity index (χ1v) is 6.04. The molecule has 0 aliphatic carbocycles. The molecule has 22 heavy (non-hydrogen) atoms. The number of amides is 2. The van der Waals surface area contributed by atoms with Gasteiger partial charge in [-0.05, 0) is 18.6 Å². The van der Waals surface area contributed by atoms with E-state index in [9.17, 15) is 27.2 Å². The first kappa shape index (κ1) is 15.9. The molecule has 0 saturated carbocycles. The predicted molar refractivity (Wildman–Crippen MR) is 64.8 cm³/mol. The number of alkyl halides is 3. The van der Waals surface area contributed by atoms with Gasteiger partial charge in [0.05, 0.1) is 5.69 Å². The van der Waals surface area contributed by atoms with Gasteiger partial charge < -0.3 is 15.2 Å². The Kier molecular flexibility index (Phi) is 4.11. The van der Waals surface area contributed by atoms with Gasteiger partial charge in [-0.3, -0.25) is 9.69 Å². The van der Waals surface area contributed by atoms with Crippen LogP contribution in [0, 0.1) is 5.82 Å². The molecule has 1 aliphatic heterocycles. The van der Waals surface area contributed by atoms with E-state index < -0.39 is 41.7 Å². The van der Waals surface area contributed by atoms with Crippen molar-refractivity contribution in [3.63, 3.8) is 0 Å². The van der Waals surface area contributed by atoms with Crippen molar-refractivity contribution >= 4 is 17.7 Å². The van der Waals surface area contributed by atoms with E-state index in [-0.39, 0.29) is 13.0 Å². The van der Waals surface area contributed by atoms with Crippen LogP contribution in [-0.4, -0.2) is 41.0 Å². The number of carbonyl (C=O) groups excluding carboxylic acids is 1. The van der Waals surface area contributed by atoms with E-state index in [1.807, 2.05) is 0 Å². The van der Waals surface area contributed by atoms with Gasteiger partial charge in [-0.15, -0.1) is 13.2 Å². The molecule has 1 aromatic carbocycles. The van der Waals surface area contributed by atoms with Gasteiger partial charge in [0.25, 0.3) is 0 Å². The fraction of sp³-hybridized carbons (Fsp3) is 0.333. The van der Waals surface area contributed by atoms with Crippen LogP contribution in [0.4, 0.5) is 28.0 Å². The van der Waals surface area contributed by atoms with Gasteiger partial charge in [-0.1, -0.05) is 6.07 Å². The smallest absolute Gasteiger partial charge is 0.465 e. The molecule has 1 atom stereocenters. The summed E-state index contributed by atoms with van der Waals surface area (Å²) in [5.74, 6) is -3.31. The molecule has 1 saturated heterocycles. The lowest BCUT2D eigenvalue weighted by Crippen LogP contribution is -2.56. The van der Waals surface area contributed by atoms with Crippen molar-refractivity contribution in [3.8, 4) is 5.75 Å². The van der Waals surface area contributed by atoms with Crippen molar-refractivity contribution in [2.75, 3.05) is 11.9 Å². The van der Waals surface area contributed by atoms with Crippen molar-refractivity contribution in [2.45, 2.75) is 18.8 Å². The van der Waals surface area contributed by atoms with Gasteiger partial charge in [-0.2, -0.15) is 0 Å². The maximum absolute atomic E-state index is 13.8. The summed E-state index contributed by atoms with van der Waals surface area (Å²) >= 11 is 0. The van der Waals surface area contributed by atoms with E-state index in [4.69, 9.17) is 5.11 Å². The van der Waals surface area contributed by atoms with E-state index in [1.54, 1.807) is 0 Å². The molecule has 2 rings (SSSR count). The summed E-state index contributed by atoms with van der Waals surface area (Å²) in [6.45, 7) is 0.160. The molecule has 0 unspecified atom stereocenters. The van der Waals surface area contributed by atoms with Crippen molar-refractivity contribution in [3.05, 3.63) is 24.0 Å². The van der Waals surface area contributed by atoms with E-state index in [0.717, 1.165) is 23.1 Å². The maximum Gasteiger partial charge on any atom is 0.573 e. The summed E-state index contributed by atoms with van der Waals surface area (Å²) in [4.78, 5) is 23.4. The Labute approximate surface area is 121 Å². The average molecular weight is 322 g/mol. The quantitative estimate of drug-likeness (QED) is 0.838. The zero-order valence-corrected chi connectivity index (χ0v) is 10.9. The summed E-state index contributed by atoms with van der Waals surface area (Å²) < 4.78 is 53.6. The number of hydrogen-bond donors (Lipinski definition) is 2. The second-order valence-electron chi connectivity index (χ2n) is 4.44. The van der Waals surface area contributed by atoms with E-state index in [1.165, 1.54) is 0 Å². The lowest BCUT2D eigenvalue weighted by atomic mass is 10.0. The Morgan fingerprint density at radius 2 is 2.05 bits per heavy atom. The lowest BCUT2D eigenvalue weighted by molar-refractivity contribution is -0.275. The first-order chi connectivity index (χ1) is 10.2. The van der Waals surface area contributed by atoms with Crippen molar-refractivity contribution in [2.24, 2.45) is 0 Å². The molecule has 1 fully saturated rings. The highest BCUT2D eigenvalue weighted by Gasteiger charge is 2.38. The summed E-state index contributed by atoms with van der Waals surface area (Å²) in [6.07, 6.45) is -6.13. The molecule has 120 valence electrons. The molecule has 0 spiro atoms. The lowest BCUT2D eigenvalue weighted by Gasteiger charge is -2.37. The minimum absolute atomic E-state index is 0.160. The first-order valence-electron chi connectivity index (χ1n) is 6.04. The maximum atomic E-state index is 13.8. The Bertz CT molecular complexity index is 605. The average Bonchev–Trinajstić information content (AvgIpc) is 2.30. The molecule has 2 amide bonds. The minimum atomic E-state index is -5.07. The molecule has 6 nitrogen and oxygen atoms in total. The summed E-state index contributed by atoms with van der Waals surface area (Å²) in [6, 6.07) is 1.87. The van der Waals surface area contributed by atoms with Crippen LogP contribution in [0.2, 0.25) is 0 Å². The number of carboxylic acid groups (broad SMARTS) is 1. The highest BCUT2D eigenvalue weighted by atomic mass is 19.4. The normalized spacial score (nSPS) is 17.6. The fourth-order valence-electron chi connectivity index (χ4n) is 1.92. The molecule has 1 heterocycles. The van der Waals surface area contributed by atoms with Gasteiger partial charge >= 0.3 is 12.5 Å². The van der Waals surface area contributed by atoms with E-state index in [2.05, 4.69) is 10.1 Å². The number of benzene rings is 1. The number of hydrogen-bond acceptors (Lipinski definition) is 3. The van der Waals surface area contributed by atoms with E-state index >= 15 is 0 Å². The number of carbonyl (C=O) groups is 2. The predicted octanol–water partition coefficient (Wildman–Crippen LogP) is 2.42. The van der Waals surface area contributed by atoms with Crippen LogP contribution in [-0.2, 0) is 4.79 Å². The third-order valence-corrected chi connectivity index (χ3v) is 3.01. The largest absolute Gasteiger partial charge is 0.573 e. The van der Waals surface area contributed by atoms with Crippen LogP contribution in [0.1, 0.15) is 6.42 Å². The monoisotopic (exact) mass is 322 g/mol. The van der Waals surface area contributed by atoms with Gasteiger partial charge in [0.2, 0.25) is 5.91 Å². The molecule has 0 radical (unpaired) electrons. The SMILES string of the molecule is O=C(Nc1cccc(OC(F)(F)F)c1F)[C@@H]1CCN1C(=O)O. The molecule has 10 heteroatoms. The van der Waals surface area contributed by atoms with Gasteiger partial charge in [0.15, 0.2) is 11.6 Å². The molecule has 0 bridgehead atoms. The van der Waals surface area contributed by atoms with Crippen LogP contribution in [0.5, 0.6) is 5.75 Å². The van der Waals surface area contributed by atoms with Crippen LogP contribution >= 0.6 is 0 Å². The Hall–Kier alpha value is -2.52. The summed E-state index contributed by atoms with van der Waals surface area (Å²) in [7, 11) is 0. The molecule has 2 N–H and O–H groups in total. The number of nitrogens with one attached hydrogen (secondary N) is 1. The van der Waals surface area contributed by atoms with Crippen LogP contribution < -0.4 is 10.1 Å². The van der Waals surface area contributed by atoms with Crippen molar-refractivity contribution < 1.29 is 37.0 Å². The van der Waals surface area contributed by atoms with Gasteiger partial charge in [0.1, 0.15) is 6.04 Å². The minimum Gasteiger partial charge on any atom is -0.465 e. The zero-order chi connectivity index (χ0) is 16.5. The topological polar surface area (TPSA) is 78.9 Å². The number of ether oxygens (including phenoxy) is 1. The van der Waals surface area contributed by atoms with Crippen LogP contribution in [0.3, 0.4) is 0 Å². The highest BCUT2D eigenvalue weighted by Crippen LogP contribution is 2.30. The van der Waals surface area contributed by atoms with Crippen molar-refractivity contribution in [1.29, 1.82) is 0 Å². The molecular formula is C12H10F4N2O4. The van der Waals surface area contributed by atoms with Crippen LogP contribution in [0.15, 0.2) is 18.2 Å². The molecule has 1 aromatic rings. The third-order valence-electron chi connectivity index (χ3n) is 3.01. The Morgan fingerprint density at radius 3 is 2.55 bits per heavy atom. The third kappa shape index (κ3) is 3.38. The van der Waals surface area contributed by atoms with Crippen LogP contribution in [0.25, 0.3) is 0 Å². The number of likely N-dealkylation sites (tertiary alicyclic amines) is 1. The van der Waals surface area contributed by atoms with Gasteiger partial charge in [0, 0.05) is 6.54 Å². The summed E-state index contributed by atoms with van der Waals surface area (Å²) in [5.41, 5.74) is -0.524. The standard InChI is InChI=1S/C12H10F4N2O4/c13-9-6(2-1-3-8(9)22-12(14,15)16)17-10(19)7-4-5-18(7)11(20)21/h1-3,7H,4-5H2,(H,17,19)(H,20,21)/t7-/m0/s1. The molecule has 0 aromatic heterocycles. The summed E-state index contributed by atoms with van der Waals surface area (Å²) in [5, 5.41) is 10.8.